The standard InChI is InChI=1S/C15H22O4/c1-9-6-5-7-10-12(19-18)8-11(16)13(14(2,3)17)15(9,10)4/h7-9,13,17-18H,5-6H2,1-4H3/t9-,13+,15+/m1/s1. The Balaban J connectivity index is 2.64. The van der Waals surface area contributed by atoms with E-state index in [4.69, 9.17) is 5.26 Å². The summed E-state index contributed by atoms with van der Waals surface area (Å²) in [4.78, 5) is 16.8. The van der Waals surface area contributed by atoms with Crippen molar-refractivity contribution in [2.45, 2.75) is 46.1 Å². The average molecular weight is 266 g/mol. The van der Waals surface area contributed by atoms with Crippen molar-refractivity contribution in [3.63, 3.8) is 0 Å². The molecule has 0 saturated heterocycles. The molecule has 0 spiro atoms. The van der Waals surface area contributed by atoms with Crippen molar-refractivity contribution < 1.29 is 20.0 Å². The molecule has 3 atom stereocenters. The highest BCUT2D eigenvalue weighted by molar-refractivity contribution is 5.96. The molecular weight excluding hydrogens is 244 g/mol. The van der Waals surface area contributed by atoms with E-state index >= 15 is 0 Å². The van der Waals surface area contributed by atoms with Gasteiger partial charge in [-0.05, 0) is 32.6 Å². The fourth-order valence-electron chi connectivity index (χ4n) is 3.81. The van der Waals surface area contributed by atoms with Gasteiger partial charge in [-0.3, -0.25) is 4.79 Å². The van der Waals surface area contributed by atoms with Crippen LogP contribution in [0.4, 0.5) is 0 Å². The summed E-state index contributed by atoms with van der Waals surface area (Å²) in [5.41, 5.74) is -0.797. The third-order valence-electron chi connectivity index (χ3n) is 4.78. The molecule has 0 bridgehead atoms. The number of rotatable bonds is 2. The van der Waals surface area contributed by atoms with Crippen molar-refractivity contribution >= 4 is 5.78 Å². The van der Waals surface area contributed by atoms with Crippen molar-refractivity contribution in [2.75, 3.05) is 0 Å². The number of hydrogen-bond acceptors (Lipinski definition) is 4. The van der Waals surface area contributed by atoms with Crippen LogP contribution in [0.5, 0.6) is 0 Å². The Bertz CT molecular complexity index is 455. The van der Waals surface area contributed by atoms with E-state index in [1.165, 1.54) is 6.08 Å². The van der Waals surface area contributed by atoms with Gasteiger partial charge in [0.15, 0.2) is 11.5 Å². The van der Waals surface area contributed by atoms with Crippen LogP contribution in [-0.4, -0.2) is 21.7 Å². The first-order chi connectivity index (χ1) is 8.72. The Labute approximate surface area is 113 Å². The Hall–Kier alpha value is -1.13. The second-order valence-corrected chi connectivity index (χ2v) is 6.47. The highest BCUT2D eigenvalue weighted by Gasteiger charge is 2.55. The monoisotopic (exact) mass is 266 g/mol. The van der Waals surface area contributed by atoms with Gasteiger partial charge in [0, 0.05) is 17.1 Å². The molecule has 2 aliphatic carbocycles. The lowest BCUT2D eigenvalue weighted by Crippen LogP contribution is -2.53. The van der Waals surface area contributed by atoms with Crippen LogP contribution in [0.3, 0.4) is 0 Å². The zero-order valence-electron chi connectivity index (χ0n) is 11.9. The minimum atomic E-state index is -1.12. The minimum absolute atomic E-state index is 0.190. The van der Waals surface area contributed by atoms with Gasteiger partial charge in [0.05, 0.1) is 11.5 Å². The number of carbonyl (C=O) groups is 1. The molecule has 0 amide bonds. The van der Waals surface area contributed by atoms with Gasteiger partial charge >= 0.3 is 0 Å². The normalized spacial score (nSPS) is 35.4. The van der Waals surface area contributed by atoms with E-state index in [2.05, 4.69) is 11.8 Å². The molecule has 2 N–H and O–H groups in total. The van der Waals surface area contributed by atoms with Crippen LogP contribution >= 0.6 is 0 Å². The SMILES string of the molecule is C[C@@H]1CCC=C2C(OO)=CC(=O)[C@@H](C(C)(C)O)[C@]21C. The molecule has 4 nitrogen and oxygen atoms in total. The summed E-state index contributed by atoms with van der Waals surface area (Å²) < 4.78 is 0. The van der Waals surface area contributed by atoms with E-state index in [-0.39, 0.29) is 17.5 Å². The molecular formula is C15H22O4. The van der Waals surface area contributed by atoms with E-state index in [1.807, 2.05) is 13.0 Å². The molecule has 0 aromatic rings. The van der Waals surface area contributed by atoms with E-state index in [9.17, 15) is 9.90 Å². The molecule has 0 unspecified atom stereocenters. The third-order valence-corrected chi connectivity index (χ3v) is 4.78. The second-order valence-electron chi connectivity index (χ2n) is 6.47. The smallest absolute Gasteiger partial charge is 0.172 e. The van der Waals surface area contributed by atoms with E-state index in [0.717, 1.165) is 18.4 Å². The number of fused-ring (bicyclic) bond motifs is 1. The molecule has 19 heavy (non-hydrogen) atoms. The highest BCUT2D eigenvalue weighted by atomic mass is 17.1. The molecule has 0 aliphatic heterocycles. The minimum Gasteiger partial charge on any atom is -0.390 e. The number of carbonyl (C=O) groups excluding carboxylic acids is 1. The van der Waals surface area contributed by atoms with Gasteiger partial charge in [-0.15, -0.1) is 0 Å². The maximum absolute atomic E-state index is 12.4. The predicted octanol–water partition coefficient (Wildman–Crippen LogP) is 2.69. The van der Waals surface area contributed by atoms with E-state index < -0.39 is 16.9 Å². The first-order valence-electron chi connectivity index (χ1n) is 6.73. The largest absolute Gasteiger partial charge is 0.390 e. The second kappa shape index (κ2) is 4.46. The van der Waals surface area contributed by atoms with Gasteiger partial charge < -0.3 is 9.99 Å². The maximum Gasteiger partial charge on any atom is 0.172 e. The summed E-state index contributed by atoms with van der Waals surface area (Å²) in [6, 6.07) is 0. The van der Waals surface area contributed by atoms with Gasteiger partial charge in [-0.2, -0.15) is 0 Å². The van der Waals surface area contributed by atoms with Crippen LogP contribution in [0.25, 0.3) is 0 Å². The Morgan fingerprint density at radius 1 is 1.47 bits per heavy atom. The van der Waals surface area contributed by atoms with Crippen LogP contribution in [0, 0.1) is 17.3 Å². The van der Waals surface area contributed by atoms with Gasteiger partial charge in [0.2, 0.25) is 0 Å². The Morgan fingerprint density at radius 2 is 2.11 bits per heavy atom. The number of hydrogen-bond donors (Lipinski definition) is 2. The lowest BCUT2D eigenvalue weighted by Gasteiger charge is -2.51. The fourth-order valence-corrected chi connectivity index (χ4v) is 3.81. The maximum atomic E-state index is 12.4. The molecule has 0 radical (unpaired) electrons. The van der Waals surface area contributed by atoms with E-state index in [0.29, 0.717) is 0 Å². The van der Waals surface area contributed by atoms with Crippen molar-refractivity contribution in [1.29, 1.82) is 0 Å². The molecule has 0 aromatic carbocycles. The summed E-state index contributed by atoms with van der Waals surface area (Å²) >= 11 is 0. The van der Waals surface area contributed by atoms with Gasteiger partial charge in [0.1, 0.15) is 0 Å². The Morgan fingerprint density at radius 3 is 2.63 bits per heavy atom. The molecule has 2 aliphatic rings. The molecule has 0 aromatic heterocycles. The fraction of sp³-hybridized carbons (Fsp3) is 0.667. The van der Waals surface area contributed by atoms with Gasteiger partial charge in [-0.25, -0.2) is 5.26 Å². The predicted molar refractivity (Wildman–Crippen MR) is 71.2 cm³/mol. The van der Waals surface area contributed by atoms with Crippen LogP contribution in [0.1, 0.15) is 40.5 Å². The van der Waals surface area contributed by atoms with Crippen LogP contribution in [-0.2, 0) is 9.68 Å². The first-order valence-corrected chi connectivity index (χ1v) is 6.73. The first kappa shape index (κ1) is 14.3. The third kappa shape index (κ3) is 2.03. The molecule has 0 fully saturated rings. The molecule has 0 heterocycles. The zero-order valence-corrected chi connectivity index (χ0v) is 11.9. The van der Waals surface area contributed by atoms with Crippen LogP contribution in [0.15, 0.2) is 23.5 Å². The topological polar surface area (TPSA) is 66.8 Å². The summed E-state index contributed by atoms with van der Waals surface area (Å²) in [6.45, 7) is 7.39. The number of ketones is 1. The van der Waals surface area contributed by atoms with Gasteiger partial charge in [-0.1, -0.05) is 19.9 Å². The molecule has 0 saturated carbocycles. The highest BCUT2D eigenvalue weighted by Crippen LogP contribution is 2.55. The molecule has 4 heteroatoms. The van der Waals surface area contributed by atoms with E-state index in [1.54, 1.807) is 13.8 Å². The molecule has 2 rings (SSSR count). The summed E-state index contributed by atoms with van der Waals surface area (Å²) in [7, 11) is 0. The lowest BCUT2D eigenvalue weighted by molar-refractivity contribution is -0.205. The summed E-state index contributed by atoms with van der Waals surface area (Å²) in [6.07, 6.45) is 5.15. The number of allylic oxidation sites excluding steroid dienone is 3. The summed E-state index contributed by atoms with van der Waals surface area (Å²) in [5.74, 6) is -0.267. The average Bonchev–Trinajstić information content (AvgIpc) is 2.28. The van der Waals surface area contributed by atoms with Gasteiger partial charge in [0.25, 0.3) is 0 Å². The van der Waals surface area contributed by atoms with Crippen molar-refractivity contribution in [3.05, 3.63) is 23.5 Å². The van der Waals surface area contributed by atoms with Crippen molar-refractivity contribution in [3.8, 4) is 0 Å². The van der Waals surface area contributed by atoms with Crippen LogP contribution < -0.4 is 0 Å². The van der Waals surface area contributed by atoms with Crippen LogP contribution in [0.2, 0.25) is 0 Å². The Kier molecular flexibility index (Phi) is 3.35. The van der Waals surface area contributed by atoms with Crippen molar-refractivity contribution in [2.24, 2.45) is 17.3 Å². The summed E-state index contributed by atoms with van der Waals surface area (Å²) in [5, 5.41) is 19.4. The quantitative estimate of drug-likeness (QED) is 0.595. The number of aliphatic hydroxyl groups is 1. The van der Waals surface area contributed by atoms with Crippen molar-refractivity contribution in [1.82, 2.24) is 0 Å². The zero-order chi connectivity index (χ0) is 14.4. The lowest BCUT2D eigenvalue weighted by atomic mass is 9.53. The molecule has 106 valence electrons.